The van der Waals surface area contributed by atoms with Crippen LogP contribution in [0.25, 0.3) is 0 Å². The summed E-state index contributed by atoms with van der Waals surface area (Å²) in [5.74, 6) is 0.634. The molecule has 9 heteroatoms. The highest BCUT2D eigenvalue weighted by molar-refractivity contribution is 7.96. The van der Waals surface area contributed by atoms with Crippen molar-refractivity contribution in [1.29, 1.82) is 5.26 Å². The standard InChI is InChI=1S/C14H22Cl2N2O2S.C2H4N2/c15-11-4-3-10(12(16)7-11)8-18-9-13(21-20-18)14(19)17-5-1-2-6-17;1-4-2-3/h10-13H,1-9H2;4H,1H3. The summed E-state index contributed by atoms with van der Waals surface area (Å²) >= 11 is 13.9. The molecule has 1 saturated carbocycles. The highest BCUT2D eigenvalue weighted by Crippen LogP contribution is 2.35. The van der Waals surface area contributed by atoms with E-state index in [9.17, 15) is 4.79 Å². The first kappa shape index (κ1) is 20.9. The lowest BCUT2D eigenvalue weighted by molar-refractivity contribution is -0.130. The van der Waals surface area contributed by atoms with Crippen LogP contribution in [-0.4, -0.2) is 65.1 Å². The molecule has 0 aromatic carbocycles. The van der Waals surface area contributed by atoms with Gasteiger partial charge in [-0.3, -0.25) is 4.79 Å². The number of nitriles is 1. The quantitative estimate of drug-likeness (QED) is 0.335. The minimum absolute atomic E-state index is 0.0822. The molecule has 0 bridgehead atoms. The number of carbonyl (C=O) groups excluding carboxylic acids is 1. The average molecular weight is 409 g/mol. The predicted molar refractivity (Wildman–Crippen MR) is 101 cm³/mol. The van der Waals surface area contributed by atoms with Gasteiger partial charge in [-0.15, -0.1) is 23.2 Å². The number of hydrogen-bond donors (Lipinski definition) is 1. The Morgan fingerprint density at radius 3 is 2.64 bits per heavy atom. The summed E-state index contributed by atoms with van der Waals surface area (Å²) in [6.45, 7) is 3.28. The molecule has 1 aliphatic carbocycles. The molecule has 0 radical (unpaired) electrons. The Labute approximate surface area is 164 Å². The van der Waals surface area contributed by atoms with E-state index < -0.39 is 0 Å². The largest absolute Gasteiger partial charge is 0.342 e. The molecule has 1 N–H and O–H groups in total. The number of halogens is 2. The van der Waals surface area contributed by atoms with Crippen molar-refractivity contribution in [2.24, 2.45) is 5.92 Å². The van der Waals surface area contributed by atoms with E-state index in [1.807, 2.05) is 9.96 Å². The van der Waals surface area contributed by atoms with Crippen molar-refractivity contribution in [2.75, 3.05) is 33.2 Å². The summed E-state index contributed by atoms with van der Waals surface area (Å²) in [7, 11) is 1.57. The van der Waals surface area contributed by atoms with Gasteiger partial charge in [0, 0.05) is 56.0 Å². The first-order chi connectivity index (χ1) is 12.0. The van der Waals surface area contributed by atoms with Crippen LogP contribution < -0.4 is 5.32 Å². The Morgan fingerprint density at radius 1 is 1.36 bits per heavy atom. The molecular formula is C16H26Cl2N4O2S. The van der Waals surface area contributed by atoms with Crippen LogP contribution in [0.2, 0.25) is 0 Å². The molecule has 2 heterocycles. The second kappa shape index (κ2) is 10.7. The molecule has 3 rings (SSSR count). The normalized spacial score (nSPS) is 32.6. The van der Waals surface area contributed by atoms with Crippen LogP contribution in [0, 0.1) is 17.4 Å². The van der Waals surface area contributed by atoms with Gasteiger partial charge >= 0.3 is 0 Å². The second-order valence-corrected chi connectivity index (χ2v) is 8.68. The lowest BCUT2D eigenvalue weighted by atomic mass is 9.88. The number of rotatable bonds is 3. The molecule has 0 aromatic rings. The van der Waals surface area contributed by atoms with Crippen LogP contribution in [0.15, 0.2) is 0 Å². The van der Waals surface area contributed by atoms with E-state index in [1.54, 1.807) is 13.2 Å². The molecule has 3 fully saturated rings. The monoisotopic (exact) mass is 408 g/mol. The van der Waals surface area contributed by atoms with Crippen molar-refractivity contribution in [1.82, 2.24) is 15.3 Å². The highest BCUT2D eigenvalue weighted by atomic mass is 35.5. The van der Waals surface area contributed by atoms with E-state index in [0.29, 0.717) is 12.5 Å². The Kier molecular flexibility index (Phi) is 8.94. The minimum atomic E-state index is -0.0822. The average Bonchev–Trinajstić information content (AvgIpc) is 3.29. The molecule has 2 aliphatic heterocycles. The van der Waals surface area contributed by atoms with Gasteiger partial charge in [0.15, 0.2) is 6.19 Å². The van der Waals surface area contributed by atoms with Gasteiger partial charge < -0.3 is 10.2 Å². The van der Waals surface area contributed by atoms with Gasteiger partial charge in [0.05, 0.1) is 0 Å². The van der Waals surface area contributed by atoms with Gasteiger partial charge in [-0.2, -0.15) is 10.3 Å². The Morgan fingerprint density at radius 2 is 2.04 bits per heavy atom. The van der Waals surface area contributed by atoms with Gasteiger partial charge in [0.1, 0.15) is 5.25 Å². The Bertz CT molecular complexity index is 474. The van der Waals surface area contributed by atoms with E-state index in [1.165, 1.54) is 12.0 Å². The fourth-order valence-electron chi connectivity index (χ4n) is 3.32. The van der Waals surface area contributed by atoms with Crippen LogP contribution in [-0.2, 0) is 9.08 Å². The fraction of sp³-hybridized carbons (Fsp3) is 0.875. The first-order valence-electron chi connectivity index (χ1n) is 8.76. The highest BCUT2D eigenvalue weighted by Gasteiger charge is 2.37. The third-order valence-electron chi connectivity index (χ3n) is 4.72. The third kappa shape index (κ3) is 6.37. The van der Waals surface area contributed by atoms with Gasteiger partial charge in [-0.25, -0.2) is 4.28 Å². The third-order valence-corrected chi connectivity index (χ3v) is 6.53. The zero-order valence-corrected chi connectivity index (χ0v) is 16.8. The summed E-state index contributed by atoms with van der Waals surface area (Å²) in [6.07, 6.45) is 6.86. The lowest BCUT2D eigenvalue weighted by Gasteiger charge is -2.31. The van der Waals surface area contributed by atoms with E-state index in [-0.39, 0.29) is 21.9 Å². The maximum absolute atomic E-state index is 12.3. The molecule has 4 atom stereocenters. The Balaban J connectivity index is 0.000000511. The summed E-state index contributed by atoms with van der Waals surface area (Å²) < 4.78 is 5.64. The molecule has 0 aromatic heterocycles. The molecule has 6 nitrogen and oxygen atoms in total. The van der Waals surface area contributed by atoms with Crippen molar-refractivity contribution in [2.45, 2.75) is 48.1 Å². The molecule has 25 heavy (non-hydrogen) atoms. The number of carbonyl (C=O) groups is 1. The number of nitrogens with one attached hydrogen (secondary N) is 1. The Hall–Kier alpha value is -0.390. The SMILES string of the molecule is CNC#N.O=C(C1CN(CC2CCC(Cl)CC2Cl)OS1)N1CCCC1. The van der Waals surface area contributed by atoms with E-state index in [4.69, 9.17) is 32.7 Å². The van der Waals surface area contributed by atoms with Gasteiger partial charge in [0.25, 0.3) is 0 Å². The maximum Gasteiger partial charge on any atom is 0.239 e. The number of hydroxylamine groups is 2. The molecule has 142 valence electrons. The molecule has 1 amide bonds. The van der Waals surface area contributed by atoms with E-state index in [2.05, 4.69) is 5.32 Å². The smallest absolute Gasteiger partial charge is 0.239 e. The summed E-state index contributed by atoms with van der Waals surface area (Å²) in [4.78, 5) is 14.3. The van der Waals surface area contributed by atoms with Crippen LogP contribution >= 0.6 is 35.2 Å². The topological polar surface area (TPSA) is 68.6 Å². The van der Waals surface area contributed by atoms with Crippen LogP contribution in [0.4, 0.5) is 0 Å². The fourth-order valence-corrected chi connectivity index (χ4v) is 4.96. The van der Waals surface area contributed by atoms with Crippen LogP contribution in [0.3, 0.4) is 0 Å². The lowest BCUT2D eigenvalue weighted by Crippen LogP contribution is -2.40. The van der Waals surface area contributed by atoms with Crippen molar-refractivity contribution < 1.29 is 9.08 Å². The van der Waals surface area contributed by atoms with Gasteiger partial charge in [-0.1, -0.05) is 0 Å². The first-order valence-corrected chi connectivity index (χ1v) is 10.4. The van der Waals surface area contributed by atoms with E-state index in [0.717, 1.165) is 51.7 Å². The number of alkyl halides is 2. The van der Waals surface area contributed by atoms with Gasteiger partial charge in [-0.05, 0) is 38.0 Å². The zero-order chi connectivity index (χ0) is 18.2. The summed E-state index contributed by atoms with van der Waals surface area (Å²) in [5, 5.41) is 11.9. The van der Waals surface area contributed by atoms with Crippen LogP contribution in [0.5, 0.6) is 0 Å². The maximum atomic E-state index is 12.3. The number of amides is 1. The van der Waals surface area contributed by atoms with Crippen molar-refractivity contribution >= 4 is 41.2 Å². The summed E-state index contributed by atoms with van der Waals surface area (Å²) in [6, 6.07) is 0. The molecule has 2 saturated heterocycles. The molecular weight excluding hydrogens is 383 g/mol. The number of hydrogen-bond acceptors (Lipinski definition) is 6. The van der Waals surface area contributed by atoms with Crippen molar-refractivity contribution in [3.63, 3.8) is 0 Å². The summed E-state index contributed by atoms with van der Waals surface area (Å²) in [5.41, 5.74) is 0. The molecule has 0 spiro atoms. The number of likely N-dealkylation sites (tertiary alicyclic amines) is 1. The minimum Gasteiger partial charge on any atom is -0.342 e. The molecule has 3 aliphatic rings. The number of nitrogens with zero attached hydrogens (tertiary/aromatic N) is 3. The molecule has 4 unspecified atom stereocenters. The predicted octanol–water partition coefficient (Wildman–Crippen LogP) is 2.57. The second-order valence-electron chi connectivity index (χ2n) is 6.59. The zero-order valence-electron chi connectivity index (χ0n) is 14.5. The van der Waals surface area contributed by atoms with Gasteiger partial charge in [0.2, 0.25) is 5.91 Å². The van der Waals surface area contributed by atoms with E-state index >= 15 is 0 Å². The van der Waals surface area contributed by atoms with Crippen molar-refractivity contribution in [3.05, 3.63) is 0 Å². The van der Waals surface area contributed by atoms with Crippen LogP contribution in [0.1, 0.15) is 32.1 Å². The van der Waals surface area contributed by atoms with Crippen molar-refractivity contribution in [3.8, 4) is 6.19 Å².